The number of ether oxygens (including phenoxy) is 1. The summed E-state index contributed by atoms with van der Waals surface area (Å²) >= 11 is 9.34. The molecule has 0 spiro atoms. The van der Waals surface area contributed by atoms with E-state index in [1.807, 2.05) is 35.8 Å². The Kier molecular flexibility index (Phi) is 5.11. The average molecular weight is 432 g/mol. The molecule has 1 aliphatic heterocycles. The third kappa shape index (κ3) is 3.69. The summed E-state index contributed by atoms with van der Waals surface area (Å²) in [5.41, 5.74) is 2.04. The van der Waals surface area contributed by atoms with E-state index in [-0.39, 0.29) is 6.10 Å². The van der Waals surface area contributed by atoms with Crippen LogP contribution < -0.4 is 0 Å². The summed E-state index contributed by atoms with van der Waals surface area (Å²) in [7, 11) is 0. The molecule has 3 aromatic heterocycles. The van der Waals surface area contributed by atoms with E-state index in [1.54, 1.807) is 23.1 Å². The van der Waals surface area contributed by atoms with Gasteiger partial charge in [-0.15, -0.1) is 21.5 Å². The zero-order chi connectivity index (χ0) is 18.9. The van der Waals surface area contributed by atoms with Gasteiger partial charge in [-0.3, -0.25) is 8.97 Å². The molecule has 0 aliphatic carbocycles. The molecule has 1 fully saturated rings. The molecule has 4 aromatic rings. The van der Waals surface area contributed by atoms with Crippen LogP contribution >= 0.6 is 34.7 Å². The van der Waals surface area contributed by atoms with Gasteiger partial charge in [0.05, 0.1) is 18.3 Å². The molecule has 4 heterocycles. The number of imidazole rings is 1. The minimum Gasteiger partial charge on any atom is -0.376 e. The highest BCUT2D eigenvalue weighted by atomic mass is 35.5. The fourth-order valence-corrected chi connectivity index (χ4v) is 5.03. The summed E-state index contributed by atoms with van der Waals surface area (Å²) in [5, 5.41) is 12.6. The normalized spacial score (nSPS) is 17.0. The minimum absolute atomic E-state index is 0.208. The summed E-state index contributed by atoms with van der Waals surface area (Å²) in [4.78, 5) is 5.67. The van der Waals surface area contributed by atoms with E-state index >= 15 is 0 Å². The lowest BCUT2D eigenvalue weighted by Crippen LogP contribution is -2.16. The number of nitrogens with zero attached hydrogens (tertiary/aromatic N) is 5. The zero-order valence-corrected chi connectivity index (χ0v) is 17.4. The highest BCUT2D eigenvalue weighted by molar-refractivity contribution is 7.98. The summed E-state index contributed by atoms with van der Waals surface area (Å²) in [6.45, 7) is 1.59. The molecule has 0 bridgehead atoms. The smallest absolute Gasteiger partial charge is 0.193 e. The highest BCUT2D eigenvalue weighted by Gasteiger charge is 2.22. The van der Waals surface area contributed by atoms with E-state index < -0.39 is 0 Å². The number of benzene rings is 1. The molecule has 1 saturated heterocycles. The van der Waals surface area contributed by atoms with Crippen LogP contribution in [0.5, 0.6) is 0 Å². The van der Waals surface area contributed by atoms with Crippen LogP contribution in [0.1, 0.15) is 18.5 Å². The molecular formula is C19H18ClN5OS2. The lowest BCUT2D eigenvalue weighted by atomic mass is 10.2. The first kappa shape index (κ1) is 18.2. The third-order valence-electron chi connectivity index (χ3n) is 4.72. The van der Waals surface area contributed by atoms with Gasteiger partial charge in [0.1, 0.15) is 0 Å². The maximum Gasteiger partial charge on any atom is 0.193 e. The highest BCUT2D eigenvalue weighted by Crippen LogP contribution is 2.29. The Bertz CT molecular complexity index is 1050. The Hall–Kier alpha value is -1.87. The predicted molar refractivity (Wildman–Crippen MR) is 112 cm³/mol. The van der Waals surface area contributed by atoms with Gasteiger partial charge in [0.2, 0.25) is 0 Å². The molecule has 144 valence electrons. The molecule has 0 N–H and O–H groups in total. The Morgan fingerprint density at radius 1 is 1.25 bits per heavy atom. The van der Waals surface area contributed by atoms with Crippen LogP contribution in [0.3, 0.4) is 0 Å². The fraction of sp³-hybridized carbons (Fsp3) is 0.316. The maximum atomic E-state index is 6.05. The molecule has 1 atom stereocenters. The summed E-state index contributed by atoms with van der Waals surface area (Å²) < 4.78 is 10.1. The maximum absolute atomic E-state index is 6.05. The summed E-state index contributed by atoms with van der Waals surface area (Å²) in [6, 6.07) is 7.73. The van der Waals surface area contributed by atoms with Crippen LogP contribution in [-0.4, -0.2) is 36.9 Å². The van der Waals surface area contributed by atoms with Crippen molar-refractivity contribution in [3.05, 3.63) is 52.8 Å². The van der Waals surface area contributed by atoms with Crippen LogP contribution in [0.2, 0.25) is 5.02 Å². The average Bonchev–Trinajstić information content (AvgIpc) is 3.46. The predicted octanol–water partition coefficient (Wildman–Crippen LogP) is 4.78. The van der Waals surface area contributed by atoms with Crippen molar-refractivity contribution in [3.8, 4) is 11.4 Å². The first-order chi connectivity index (χ1) is 13.8. The van der Waals surface area contributed by atoms with E-state index in [2.05, 4.69) is 30.3 Å². The molecule has 6 nitrogen and oxygen atoms in total. The molecule has 0 unspecified atom stereocenters. The van der Waals surface area contributed by atoms with Gasteiger partial charge in [-0.25, -0.2) is 4.98 Å². The summed E-state index contributed by atoms with van der Waals surface area (Å²) in [6.07, 6.45) is 6.48. The van der Waals surface area contributed by atoms with Gasteiger partial charge in [0, 0.05) is 40.7 Å². The van der Waals surface area contributed by atoms with Crippen molar-refractivity contribution in [2.45, 2.75) is 36.4 Å². The number of hydrogen-bond donors (Lipinski definition) is 0. The van der Waals surface area contributed by atoms with Gasteiger partial charge < -0.3 is 4.74 Å². The van der Waals surface area contributed by atoms with E-state index in [1.165, 1.54) is 0 Å². The van der Waals surface area contributed by atoms with Crippen LogP contribution in [0.25, 0.3) is 16.3 Å². The van der Waals surface area contributed by atoms with Gasteiger partial charge >= 0.3 is 0 Å². The Morgan fingerprint density at radius 2 is 2.14 bits per heavy atom. The van der Waals surface area contributed by atoms with Gasteiger partial charge in [0.15, 0.2) is 15.9 Å². The zero-order valence-electron chi connectivity index (χ0n) is 15.0. The molecule has 0 radical (unpaired) electrons. The van der Waals surface area contributed by atoms with E-state index in [0.29, 0.717) is 5.02 Å². The molecular weight excluding hydrogens is 414 g/mol. The standard InChI is InChI=1S/C19H18ClN5OS2/c20-14-5-3-13(4-6-14)17-22-23-19(25(17)11-16-2-1-8-26-16)28-12-15-10-24-7-9-27-18(24)21-15/h3-7,9-10,16H,1-2,8,11-12H2/t16-/m1/s1. The number of thiazole rings is 1. The second-order valence-electron chi connectivity index (χ2n) is 6.67. The number of thioether (sulfide) groups is 1. The molecule has 1 aromatic carbocycles. The van der Waals surface area contributed by atoms with E-state index in [4.69, 9.17) is 16.3 Å². The van der Waals surface area contributed by atoms with Crippen molar-refractivity contribution in [2.24, 2.45) is 0 Å². The summed E-state index contributed by atoms with van der Waals surface area (Å²) in [5.74, 6) is 1.60. The lowest BCUT2D eigenvalue weighted by Gasteiger charge is -2.14. The first-order valence-electron chi connectivity index (χ1n) is 9.11. The SMILES string of the molecule is Clc1ccc(-c2nnc(SCc3cn4ccsc4n3)n2C[C@H]2CCCO2)cc1. The topological polar surface area (TPSA) is 57.2 Å². The molecule has 1 aliphatic rings. The minimum atomic E-state index is 0.208. The van der Waals surface area contributed by atoms with Crippen LogP contribution in [-0.2, 0) is 17.0 Å². The first-order valence-corrected chi connectivity index (χ1v) is 11.4. The second-order valence-corrected chi connectivity index (χ2v) is 8.92. The Morgan fingerprint density at radius 3 is 2.93 bits per heavy atom. The Balaban J connectivity index is 1.42. The monoisotopic (exact) mass is 431 g/mol. The number of aromatic nitrogens is 5. The van der Waals surface area contributed by atoms with Crippen molar-refractivity contribution in [2.75, 3.05) is 6.61 Å². The van der Waals surface area contributed by atoms with Gasteiger partial charge in [-0.1, -0.05) is 23.4 Å². The quantitative estimate of drug-likeness (QED) is 0.411. The van der Waals surface area contributed by atoms with Crippen molar-refractivity contribution >= 4 is 39.7 Å². The van der Waals surface area contributed by atoms with Crippen molar-refractivity contribution in [1.29, 1.82) is 0 Å². The van der Waals surface area contributed by atoms with E-state index in [9.17, 15) is 0 Å². The van der Waals surface area contributed by atoms with Gasteiger partial charge in [0.25, 0.3) is 0 Å². The number of halogens is 1. The third-order valence-corrected chi connectivity index (χ3v) is 6.74. The fourth-order valence-electron chi connectivity index (χ4n) is 3.35. The number of rotatable bonds is 6. The number of fused-ring (bicyclic) bond motifs is 1. The van der Waals surface area contributed by atoms with Crippen LogP contribution in [0, 0.1) is 0 Å². The van der Waals surface area contributed by atoms with Crippen molar-refractivity contribution in [3.63, 3.8) is 0 Å². The molecule has 5 rings (SSSR count). The molecule has 9 heteroatoms. The van der Waals surface area contributed by atoms with E-state index in [0.717, 1.165) is 58.9 Å². The largest absolute Gasteiger partial charge is 0.376 e. The van der Waals surface area contributed by atoms with Crippen molar-refractivity contribution in [1.82, 2.24) is 24.1 Å². The molecule has 28 heavy (non-hydrogen) atoms. The molecule has 0 amide bonds. The van der Waals surface area contributed by atoms with Crippen LogP contribution in [0.4, 0.5) is 0 Å². The second kappa shape index (κ2) is 7.87. The van der Waals surface area contributed by atoms with Crippen molar-refractivity contribution < 1.29 is 4.74 Å². The lowest BCUT2D eigenvalue weighted by molar-refractivity contribution is 0.0953. The Labute approximate surface area is 175 Å². The number of hydrogen-bond acceptors (Lipinski definition) is 6. The van der Waals surface area contributed by atoms with Crippen LogP contribution in [0.15, 0.2) is 47.2 Å². The van der Waals surface area contributed by atoms with Gasteiger partial charge in [-0.2, -0.15) is 0 Å². The van der Waals surface area contributed by atoms with Gasteiger partial charge in [-0.05, 0) is 37.1 Å². The molecule has 0 saturated carbocycles.